The van der Waals surface area contributed by atoms with Gasteiger partial charge in [0.2, 0.25) is 0 Å². The van der Waals surface area contributed by atoms with Crippen LogP contribution in [0.4, 0.5) is 4.39 Å². The molecule has 1 aromatic carbocycles. The van der Waals surface area contributed by atoms with Gasteiger partial charge in [0.15, 0.2) is 0 Å². The lowest BCUT2D eigenvalue weighted by Crippen LogP contribution is -2.23. The molecule has 0 aliphatic heterocycles. The zero-order valence-electron chi connectivity index (χ0n) is 19.0. The van der Waals surface area contributed by atoms with Gasteiger partial charge in [-0.05, 0) is 92.7 Å². The first-order valence-corrected chi connectivity index (χ1v) is 12.6. The maximum absolute atomic E-state index is 14.4. The Labute approximate surface area is 179 Å². The first-order chi connectivity index (χ1) is 14.2. The van der Waals surface area contributed by atoms with Gasteiger partial charge < -0.3 is 0 Å². The standard InChI is InChI=1S/C28H43F/c1-3-5-6-8-27-20-15-24(21-28(27)29)10-9-23-13-18-26(19-14-23)25-16-11-22(7-4-2)12-17-25/h13,15,20-22,25-26H,3-12,14,16-19H2,1-2H3/t22-,25-,26?. The van der Waals surface area contributed by atoms with E-state index in [1.807, 2.05) is 6.07 Å². The van der Waals surface area contributed by atoms with Crippen molar-refractivity contribution in [1.82, 2.24) is 0 Å². The Hall–Kier alpha value is -1.11. The Kier molecular flexibility index (Phi) is 9.28. The number of halogens is 1. The van der Waals surface area contributed by atoms with Gasteiger partial charge in [0.05, 0.1) is 0 Å². The van der Waals surface area contributed by atoms with E-state index in [1.165, 1.54) is 76.2 Å². The summed E-state index contributed by atoms with van der Waals surface area (Å²) in [6.07, 6.45) is 21.7. The number of hydrogen-bond donors (Lipinski definition) is 0. The molecule has 0 bridgehead atoms. The smallest absolute Gasteiger partial charge is 0.126 e. The molecule has 29 heavy (non-hydrogen) atoms. The summed E-state index contributed by atoms with van der Waals surface area (Å²) in [5.41, 5.74) is 3.68. The Morgan fingerprint density at radius 3 is 2.34 bits per heavy atom. The van der Waals surface area contributed by atoms with E-state index in [0.29, 0.717) is 0 Å². The predicted molar refractivity (Wildman–Crippen MR) is 124 cm³/mol. The second-order valence-corrected chi connectivity index (χ2v) is 9.85. The second kappa shape index (κ2) is 11.9. The lowest BCUT2D eigenvalue weighted by Gasteiger charge is -2.35. The number of aryl methyl sites for hydroxylation is 2. The highest BCUT2D eigenvalue weighted by Gasteiger charge is 2.28. The molecule has 0 heterocycles. The van der Waals surface area contributed by atoms with E-state index in [4.69, 9.17) is 0 Å². The van der Waals surface area contributed by atoms with Gasteiger partial charge >= 0.3 is 0 Å². The first kappa shape index (κ1) is 22.6. The molecule has 0 saturated heterocycles. The summed E-state index contributed by atoms with van der Waals surface area (Å²) in [5.74, 6) is 2.94. The average molecular weight is 399 g/mol. The van der Waals surface area contributed by atoms with Crippen LogP contribution in [-0.4, -0.2) is 0 Å². The van der Waals surface area contributed by atoms with Gasteiger partial charge in [-0.3, -0.25) is 0 Å². The maximum atomic E-state index is 14.4. The van der Waals surface area contributed by atoms with Crippen LogP contribution in [0.25, 0.3) is 0 Å². The van der Waals surface area contributed by atoms with E-state index in [2.05, 4.69) is 26.0 Å². The fraction of sp³-hybridized carbons (Fsp3) is 0.714. The van der Waals surface area contributed by atoms with Crippen molar-refractivity contribution >= 4 is 0 Å². The predicted octanol–water partition coefficient (Wildman–Crippen LogP) is 8.82. The Morgan fingerprint density at radius 1 is 0.862 bits per heavy atom. The first-order valence-electron chi connectivity index (χ1n) is 12.6. The fourth-order valence-corrected chi connectivity index (χ4v) is 5.74. The van der Waals surface area contributed by atoms with Crippen molar-refractivity contribution in [2.24, 2.45) is 17.8 Å². The molecule has 1 fully saturated rings. The molecule has 0 nitrogen and oxygen atoms in total. The van der Waals surface area contributed by atoms with Crippen molar-refractivity contribution in [2.75, 3.05) is 0 Å². The van der Waals surface area contributed by atoms with Crippen LogP contribution in [0.1, 0.15) is 108 Å². The molecule has 0 radical (unpaired) electrons. The second-order valence-electron chi connectivity index (χ2n) is 9.85. The molecule has 1 heteroatoms. The molecular weight excluding hydrogens is 355 g/mol. The van der Waals surface area contributed by atoms with E-state index in [-0.39, 0.29) is 5.82 Å². The molecule has 3 rings (SSSR count). The summed E-state index contributed by atoms with van der Waals surface area (Å²) in [6, 6.07) is 5.98. The molecule has 1 unspecified atom stereocenters. The van der Waals surface area contributed by atoms with Gasteiger partial charge in [-0.1, -0.05) is 76.2 Å². The summed E-state index contributed by atoms with van der Waals surface area (Å²) in [7, 11) is 0. The minimum atomic E-state index is 0.00923. The van der Waals surface area contributed by atoms with E-state index < -0.39 is 0 Å². The molecule has 2 aliphatic carbocycles. The summed E-state index contributed by atoms with van der Waals surface area (Å²) >= 11 is 0. The van der Waals surface area contributed by atoms with E-state index >= 15 is 0 Å². The van der Waals surface area contributed by atoms with E-state index in [0.717, 1.165) is 49.0 Å². The van der Waals surface area contributed by atoms with Gasteiger partial charge in [0.25, 0.3) is 0 Å². The Balaban J connectivity index is 1.41. The third-order valence-corrected chi connectivity index (χ3v) is 7.70. The number of allylic oxidation sites excluding steroid dienone is 2. The highest BCUT2D eigenvalue weighted by atomic mass is 19.1. The highest BCUT2D eigenvalue weighted by molar-refractivity contribution is 5.25. The van der Waals surface area contributed by atoms with Crippen molar-refractivity contribution in [3.05, 3.63) is 46.8 Å². The summed E-state index contributed by atoms with van der Waals surface area (Å²) < 4.78 is 14.4. The summed E-state index contributed by atoms with van der Waals surface area (Å²) in [4.78, 5) is 0. The van der Waals surface area contributed by atoms with Crippen LogP contribution < -0.4 is 0 Å². The molecular formula is C28H43F. The number of rotatable bonds is 10. The molecule has 1 saturated carbocycles. The van der Waals surface area contributed by atoms with Gasteiger partial charge in [0, 0.05) is 0 Å². The van der Waals surface area contributed by atoms with Crippen LogP contribution in [-0.2, 0) is 12.8 Å². The lowest BCUT2D eigenvalue weighted by molar-refractivity contribution is 0.186. The van der Waals surface area contributed by atoms with Crippen LogP contribution >= 0.6 is 0 Å². The van der Waals surface area contributed by atoms with Crippen molar-refractivity contribution in [1.29, 1.82) is 0 Å². The highest BCUT2D eigenvalue weighted by Crippen LogP contribution is 2.41. The molecule has 1 atom stereocenters. The lowest BCUT2D eigenvalue weighted by atomic mass is 9.70. The van der Waals surface area contributed by atoms with Crippen LogP contribution in [0.3, 0.4) is 0 Å². The number of unbranched alkanes of at least 4 members (excludes halogenated alkanes) is 2. The minimum Gasteiger partial charge on any atom is -0.207 e. The molecule has 0 aromatic heterocycles. The largest absolute Gasteiger partial charge is 0.207 e. The Morgan fingerprint density at radius 2 is 1.69 bits per heavy atom. The minimum absolute atomic E-state index is 0.00923. The van der Waals surface area contributed by atoms with Crippen molar-refractivity contribution in [3.8, 4) is 0 Å². The monoisotopic (exact) mass is 398 g/mol. The van der Waals surface area contributed by atoms with Crippen LogP contribution in [0.5, 0.6) is 0 Å². The summed E-state index contributed by atoms with van der Waals surface area (Å²) in [6.45, 7) is 4.52. The zero-order valence-corrected chi connectivity index (χ0v) is 19.0. The molecule has 2 aliphatic rings. The normalized spacial score (nSPS) is 25.1. The third kappa shape index (κ3) is 6.97. The van der Waals surface area contributed by atoms with Crippen LogP contribution in [0, 0.1) is 23.6 Å². The van der Waals surface area contributed by atoms with Gasteiger partial charge in [-0.15, -0.1) is 0 Å². The summed E-state index contributed by atoms with van der Waals surface area (Å²) in [5, 5.41) is 0. The maximum Gasteiger partial charge on any atom is 0.126 e. The number of hydrogen-bond acceptors (Lipinski definition) is 0. The topological polar surface area (TPSA) is 0 Å². The third-order valence-electron chi connectivity index (χ3n) is 7.70. The van der Waals surface area contributed by atoms with Crippen molar-refractivity contribution in [3.63, 3.8) is 0 Å². The van der Waals surface area contributed by atoms with E-state index in [9.17, 15) is 4.39 Å². The zero-order chi connectivity index (χ0) is 20.5. The average Bonchev–Trinajstić information content (AvgIpc) is 2.75. The molecule has 0 amide bonds. The van der Waals surface area contributed by atoms with Gasteiger partial charge in [-0.25, -0.2) is 4.39 Å². The molecule has 1 aromatic rings. The molecule has 0 N–H and O–H groups in total. The van der Waals surface area contributed by atoms with Crippen molar-refractivity contribution < 1.29 is 4.39 Å². The van der Waals surface area contributed by atoms with Crippen LogP contribution in [0.2, 0.25) is 0 Å². The van der Waals surface area contributed by atoms with Gasteiger partial charge in [-0.2, -0.15) is 0 Å². The fourth-order valence-electron chi connectivity index (χ4n) is 5.74. The molecule has 0 spiro atoms. The van der Waals surface area contributed by atoms with Crippen LogP contribution in [0.15, 0.2) is 29.8 Å². The number of benzene rings is 1. The van der Waals surface area contributed by atoms with E-state index in [1.54, 1.807) is 11.6 Å². The van der Waals surface area contributed by atoms with Gasteiger partial charge in [0.1, 0.15) is 5.82 Å². The van der Waals surface area contributed by atoms with Crippen molar-refractivity contribution in [2.45, 2.75) is 110 Å². The quantitative estimate of drug-likeness (QED) is 0.273. The SMILES string of the molecule is CCCCCc1ccc(CCC2=CCC([C@H]3CC[C@H](CCC)CC3)CC2)cc1F. The molecule has 162 valence electrons. The Bertz CT molecular complexity index is 636.